The summed E-state index contributed by atoms with van der Waals surface area (Å²) in [6.45, 7) is 2.07. The van der Waals surface area contributed by atoms with Gasteiger partial charge in [0.1, 0.15) is 23.2 Å². The molecule has 1 aromatic carbocycles. The number of hydrogen-bond donors (Lipinski definition) is 1. The summed E-state index contributed by atoms with van der Waals surface area (Å²) in [6.07, 6.45) is 1.73. The lowest BCUT2D eigenvalue weighted by atomic mass is 10.1. The van der Waals surface area contributed by atoms with Gasteiger partial charge in [0.15, 0.2) is 0 Å². The average molecular weight is 275 g/mol. The maximum absolute atomic E-state index is 13.5. The predicted octanol–water partition coefficient (Wildman–Crippen LogP) is 3.29. The Morgan fingerprint density at radius 1 is 1.25 bits per heavy atom. The molecule has 0 atom stereocenters. The van der Waals surface area contributed by atoms with E-state index < -0.39 is 0 Å². The van der Waals surface area contributed by atoms with E-state index in [1.165, 1.54) is 12.1 Å². The lowest BCUT2D eigenvalue weighted by Gasteiger charge is -2.11. The lowest BCUT2D eigenvalue weighted by Crippen LogP contribution is -2.02. The van der Waals surface area contributed by atoms with Gasteiger partial charge in [0.05, 0.1) is 12.8 Å². The average Bonchev–Trinajstić information content (AvgIpc) is 2.47. The molecule has 1 heterocycles. The molecule has 106 valence electrons. The van der Waals surface area contributed by atoms with Gasteiger partial charge in [0.2, 0.25) is 0 Å². The molecule has 0 saturated carbocycles. The first-order valence-electron chi connectivity index (χ1n) is 6.57. The molecule has 0 fully saturated rings. The molecule has 1 N–H and O–H groups in total. The van der Waals surface area contributed by atoms with Crippen molar-refractivity contribution in [2.45, 2.75) is 19.8 Å². The molecule has 0 unspecified atom stereocenters. The van der Waals surface area contributed by atoms with Crippen molar-refractivity contribution in [1.29, 1.82) is 0 Å². The first-order chi connectivity index (χ1) is 9.67. The minimum Gasteiger partial charge on any atom is -0.496 e. The van der Waals surface area contributed by atoms with Crippen LogP contribution < -0.4 is 10.1 Å². The fraction of sp³-hybridized carbons (Fsp3) is 0.333. The fourth-order valence-electron chi connectivity index (χ4n) is 1.98. The molecular weight excluding hydrogens is 257 g/mol. The van der Waals surface area contributed by atoms with Crippen LogP contribution in [0.15, 0.2) is 24.3 Å². The van der Waals surface area contributed by atoms with E-state index in [1.807, 2.05) is 0 Å². The second-order valence-corrected chi connectivity index (χ2v) is 4.40. The zero-order chi connectivity index (χ0) is 14.5. The van der Waals surface area contributed by atoms with E-state index in [-0.39, 0.29) is 5.82 Å². The number of benzene rings is 1. The van der Waals surface area contributed by atoms with E-state index in [1.54, 1.807) is 26.3 Å². The number of aryl methyl sites for hydroxylation is 1. The van der Waals surface area contributed by atoms with Gasteiger partial charge in [0, 0.05) is 25.1 Å². The van der Waals surface area contributed by atoms with Gasteiger partial charge < -0.3 is 10.1 Å². The van der Waals surface area contributed by atoms with Crippen LogP contribution >= 0.6 is 0 Å². The molecule has 0 aliphatic heterocycles. The summed E-state index contributed by atoms with van der Waals surface area (Å²) in [4.78, 5) is 8.88. The van der Waals surface area contributed by atoms with Crippen LogP contribution in [0.5, 0.6) is 5.75 Å². The first-order valence-corrected chi connectivity index (χ1v) is 6.57. The topological polar surface area (TPSA) is 47.0 Å². The van der Waals surface area contributed by atoms with Crippen LogP contribution in [0.25, 0.3) is 11.3 Å². The summed E-state index contributed by atoms with van der Waals surface area (Å²) >= 11 is 0. The summed E-state index contributed by atoms with van der Waals surface area (Å²) in [5, 5.41) is 3.00. The number of halogens is 1. The van der Waals surface area contributed by atoms with E-state index in [0.29, 0.717) is 22.8 Å². The van der Waals surface area contributed by atoms with E-state index >= 15 is 0 Å². The Balaban J connectivity index is 2.56. The largest absolute Gasteiger partial charge is 0.496 e. The van der Waals surface area contributed by atoms with Gasteiger partial charge >= 0.3 is 0 Å². The van der Waals surface area contributed by atoms with Crippen LogP contribution in [-0.2, 0) is 6.42 Å². The smallest absolute Gasteiger partial charge is 0.131 e. The Labute approximate surface area is 118 Å². The van der Waals surface area contributed by atoms with E-state index in [4.69, 9.17) is 4.74 Å². The van der Waals surface area contributed by atoms with Crippen molar-refractivity contribution in [2.75, 3.05) is 19.5 Å². The highest BCUT2D eigenvalue weighted by molar-refractivity contribution is 5.69. The Bertz CT molecular complexity index is 602. The normalized spacial score (nSPS) is 10.4. The van der Waals surface area contributed by atoms with Crippen molar-refractivity contribution < 1.29 is 9.13 Å². The third-order valence-electron chi connectivity index (χ3n) is 2.94. The molecule has 2 rings (SSSR count). The minimum absolute atomic E-state index is 0.317. The first kappa shape index (κ1) is 14.2. The number of methoxy groups -OCH3 is 1. The standard InChI is InChI=1S/C15H18FN3O/c1-4-5-14-18-12(9-15(17-2)19-14)11-8-10(16)6-7-13(11)20-3/h6-9H,4-5H2,1-3H3,(H,17,18,19). The van der Waals surface area contributed by atoms with E-state index in [0.717, 1.165) is 18.7 Å². The molecule has 0 bridgehead atoms. The number of rotatable bonds is 5. The predicted molar refractivity (Wildman–Crippen MR) is 77.5 cm³/mol. The van der Waals surface area contributed by atoms with Crippen molar-refractivity contribution in [2.24, 2.45) is 0 Å². The Morgan fingerprint density at radius 3 is 2.70 bits per heavy atom. The second-order valence-electron chi connectivity index (χ2n) is 4.40. The quantitative estimate of drug-likeness (QED) is 0.909. The Kier molecular flexibility index (Phi) is 4.50. The summed E-state index contributed by atoms with van der Waals surface area (Å²) in [5.41, 5.74) is 1.29. The number of nitrogens with zero attached hydrogens (tertiary/aromatic N) is 2. The van der Waals surface area contributed by atoms with Crippen molar-refractivity contribution in [1.82, 2.24) is 9.97 Å². The van der Waals surface area contributed by atoms with Crippen LogP contribution in [-0.4, -0.2) is 24.1 Å². The van der Waals surface area contributed by atoms with Crippen LogP contribution in [0, 0.1) is 5.82 Å². The molecule has 0 radical (unpaired) electrons. The Morgan fingerprint density at radius 2 is 2.05 bits per heavy atom. The molecule has 0 saturated heterocycles. The maximum Gasteiger partial charge on any atom is 0.131 e. The van der Waals surface area contributed by atoms with Gasteiger partial charge in [-0.2, -0.15) is 0 Å². The monoisotopic (exact) mass is 275 g/mol. The summed E-state index contributed by atoms with van der Waals surface area (Å²) in [5.74, 6) is 1.72. The highest BCUT2D eigenvalue weighted by Crippen LogP contribution is 2.30. The van der Waals surface area contributed by atoms with Crippen LogP contribution in [0.2, 0.25) is 0 Å². The molecule has 0 spiro atoms. The fourth-order valence-corrected chi connectivity index (χ4v) is 1.98. The molecular formula is C15H18FN3O. The molecule has 0 aliphatic carbocycles. The van der Waals surface area contributed by atoms with Crippen LogP contribution in [0.4, 0.5) is 10.2 Å². The van der Waals surface area contributed by atoms with Crippen molar-refractivity contribution in [3.8, 4) is 17.0 Å². The maximum atomic E-state index is 13.5. The second kappa shape index (κ2) is 6.32. The summed E-state index contributed by atoms with van der Waals surface area (Å²) in [7, 11) is 3.36. The van der Waals surface area contributed by atoms with Crippen LogP contribution in [0.3, 0.4) is 0 Å². The zero-order valence-corrected chi connectivity index (χ0v) is 11.9. The summed E-state index contributed by atoms with van der Waals surface area (Å²) in [6, 6.07) is 6.19. The molecule has 1 aromatic heterocycles. The number of aromatic nitrogens is 2. The highest BCUT2D eigenvalue weighted by atomic mass is 19.1. The Hall–Kier alpha value is -2.17. The van der Waals surface area contributed by atoms with Crippen molar-refractivity contribution in [3.63, 3.8) is 0 Å². The molecule has 0 amide bonds. The molecule has 4 nitrogen and oxygen atoms in total. The number of nitrogens with one attached hydrogen (secondary N) is 1. The minimum atomic E-state index is -0.317. The number of ether oxygens (including phenoxy) is 1. The van der Waals surface area contributed by atoms with Gasteiger partial charge in [-0.25, -0.2) is 14.4 Å². The zero-order valence-electron chi connectivity index (χ0n) is 11.9. The van der Waals surface area contributed by atoms with Crippen molar-refractivity contribution in [3.05, 3.63) is 35.9 Å². The number of anilines is 1. The van der Waals surface area contributed by atoms with Gasteiger partial charge in [-0.15, -0.1) is 0 Å². The van der Waals surface area contributed by atoms with E-state index in [2.05, 4.69) is 22.2 Å². The highest BCUT2D eigenvalue weighted by Gasteiger charge is 2.11. The third-order valence-corrected chi connectivity index (χ3v) is 2.94. The van der Waals surface area contributed by atoms with Crippen LogP contribution in [0.1, 0.15) is 19.2 Å². The van der Waals surface area contributed by atoms with Gasteiger partial charge in [-0.05, 0) is 24.6 Å². The molecule has 20 heavy (non-hydrogen) atoms. The summed E-state index contributed by atoms with van der Waals surface area (Å²) < 4.78 is 18.8. The lowest BCUT2D eigenvalue weighted by molar-refractivity contribution is 0.415. The molecule has 0 aliphatic rings. The van der Waals surface area contributed by atoms with Crippen molar-refractivity contribution >= 4 is 5.82 Å². The van der Waals surface area contributed by atoms with Gasteiger partial charge in [0.25, 0.3) is 0 Å². The molecule has 5 heteroatoms. The van der Waals surface area contributed by atoms with Gasteiger partial charge in [-0.1, -0.05) is 6.92 Å². The SMILES string of the molecule is CCCc1nc(NC)cc(-c2cc(F)ccc2OC)n1. The molecule has 2 aromatic rings. The van der Waals surface area contributed by atoms with E-state index in [9.17, 15) is 4.39 Å². The van der Waals surface area contributed by atoms with Gasteiger partial charge in [-0.3, -0.25) is 0 Å². The number of hydrogen-bond acceptors (Lipinski definition) is 4. The third kappa shape index (κ3) is 3.04.